The minimum atomic E-state index is 0.112. The molecule has 78 valence electrons. The van der Waals surface area contributed by atoms with E-state index < -0.39 is 0 Å². The van der Waals surface area contributed by atoms with Gasteiger partial charge in [0.15, 0.2) is 0 Å². The smallest absolute Gasteiger partial charge is 0.0593 e. The number of ether oxygens (including phenoxy) is 1. The van der Waals surface area contributed by atoms with E-state index in [-0.39, 0.29) is 5.54 Å². The van der Waals surface area contributed by atoms with Crippen molar-refractivity contribution in [2.75, 3.05) is 33.4 Å². The number of hydrogen-bond acceptors (Lipinski definition) is 3. The summed E-state index contributed by atoms with van der Waals surface area (Å²) in [6.45, 7) is 5.66. The van der Waals surface area contributed by atoms with Crippen LogP contribution in [-0.2, 0) is 4.74 Å². The molecule has 0 atom stereocenters. The van der Waals surface area contributed by atoms with Crippen molar-refractivity contribution in [2.24, 2.45) is 5.73 Å². The molecule has 0 aromatic rings. The first-order chi connectivity index (χ1) is 6.16. The fourth-order valence-corrected chi connectivity index (χ4v) is 1.77. The van der Waals surface area contributed by atoms with Crippen LogP contribution in [0.5, 0.6) is 0 Å². The molecular weight excluding hydrogens is 164 g/mol. The lowest BCUT2D eigenvalue weighted by atomic mass is 9.77. The van der Waals surface area contributed by atoms with Gasteiger partial charge in [-0.1, -0.05) is 0 Å². The van der Waals surface area contributed by atoms with Crippen molar-refractivity contribution in [1.29, 1.82) is 0 Å². The number of hydrogen-bond donors (Lipinski definition) is 1. The number of nitrogens with zero attached hydrogens (tertiary/aromatic N) is 1. The first-order valence-corrected chi connectivity index (χ1v) is 5.21. The molecule has 3 heteroatoms. The minimum absolute atomic E-state index is 0.112. The summed E-state index contributed by atoms with van der Waals surface area (Å²) in [6, 6.07) is 0. The Balaban J connectivity index is 2.06. The summed E-state index contributed by atoms with van der Waals surface area (Å²) >= 11 is 0. The van der Waals surface area contributed by atoms with E-state index in [0.29, 0.717) is 0 Å². The van der Waals surface area contributed by atoms with E-state index in [1.54, 1.807) is 0 Å². The second kappa shape index (κ2) is 4.94. The maximum absolute atomic E-state index is 6.13. The van der Waals surface area contributed by atoms with E-state index in [9.17, 15) is 0 Å². The summed E-state index contributed by atoms with van der Waals surface area (Å²) in [4.78, 5) is 2.27. The number of likely N-dealkylation sites (N-methyl/N-ethyl adjacent to an activating group) is 1. The Morgan fingerprint density at radius 3 is 2.62 bits per heavy atom. The van der Waals surface area contributed by atoms with E-state index in [0.717, 1.165) is 26.3 Å². The molecule has 0 saturated heterocycles. The van der Waals surface area contributed by atoms with Crippen molar-refractivity contribution >= 4 is 0 Å². The van der Waals surface area contributed by atoms with Gasteiger partial charge in [0.1, 0.15) is 0 Å². The molecule has 1 fully saturated rings. The van der Waals surface area contributed by atoms with Gasteiger partial charge in [0, 0.05) is 25.2 Å². The predicted octanol–water partition coefficient (Wildman–Crippen LogP) is 0.836. The predicted molar refractivity (Wildman–Crippen MR) is 54.8 cm³/mol. The Morgan fingerprint density at radius 2 is 2.15 bits per heavy atom. The molecule has 1 aliphatic rings. The minimum Gasteiger partial charge on any atom is -0.380 e. The molecular formula is C10H22N2O. The first kappa shape index (κ1) is 11.0. The van der Waals surface area contributed by atoms with Gasteiger partial charge < -0.3 is 15.4 Å². The van der Waals surface area contributed by atoms with Gasteiger partial charge in [-0.05, 0) is 33.2 Å². The van der Waals surface area contributed by atoms with Gasteiger partial charge >= 0.3 is 0 Å². The highest BCUT2D eigenvalue weighted by Crippen LogP contribution is 2.29. The van der Waals surface area contributed by atoms with Crippen LogP contribution in [0.1, 0.15) is 26.2 Å². The third-order valence-electron chi connectivity index (χ3n) is 2.76. The summed E-state index contributed by atoms with van der Waals surface area (Å²) in [5, 5.41) is 0. The van der Waals surface area contributed by atoms with Gasteiger partial charge in [-0.25, -0.2) is 0 Å². The molecule has 0 aromatic heterocycles. The molecule has 1 saturated carbocycles. The SMILES string of the molecule is CCOCCN(C)CC1(N)CCC1. The lowest BCUT2D eigenvalue weighted by Gasteiger charge is -2.41. The number of rotatable bonds is 6. The normalized spacial score (nSPS) is 20.3. The zero-order chi connectivity index (χ0) is 9.73. The molecule has 0 unspecified atom stereocenters. The van der Waals surface area contributed by atoms with Crippen LogP contribution in [0.4, 0.5) is 0 Å². The average molecular weight is 186 g/mol. The summed E-state index contributed by atoms with van der Waals surface area (Å²) in [6.07, 6.45) is 3.67. The molecule has 0 aromatic carbocycles. The first-order valence-electron chi connectivity index (χ1n) is 5.21. The van der Waals surface area contributed by atoms with Crippen LogP contribution in [0, 0.1) is 0 Å². The van der Waals surface area contributed by atoms with Crippen molar-refractivity contribution in [2.45, 2.75) is 31.7 Å². The van der Waals surface area contributed by atoms with Gasteiger partial charge in [0.2, 0.25) is 0 Å². The Morgan fingerprint density at radius 1 is 1.46 bits per heavy atom. The molecule has 1 aliphatic carbocycles. The zero-order valence-corrected chi connectivity index (χ0v) is 8.88. The van der Waals surface area contributed by atoms with Gasteiger partial charge in [-0.15, -0.1) is 0 Å². The Labute approximate surface area is 81.2 Å². The molecule has 13 heavy (non-hydrogen) atoms. The van der Waals surface area contributed by atoms with Crippen LogP contribution >= 0.6 is 0 Å². The largest absolute Gasteiger partial charge is 0.380 e. The topological polar surface area (TPSA) is 38.5 Å². The molecule has 0 spiro atoms. The highest BCUT2D eigenvalue weighted by Gasteiger charge is 2.33. The fourth-order valence-electron chi connectivity index (χ4n) is 1.77. The maximum atomic E-state index is 6.13. The van der Waals surface area contributed by atoms with E-state index in [4.69, 9.17) is 10.5 Å². The maximum Gasteiger partial charge on any atom is 0.0593 e. The van der Waals surface area contributed by atoms with Crippen LogP contribution in [0.25, 0.3) is 0 Å². The molecule has 0 heterocycles. The second-order valence-corrected chi connectivity index (χ2v) is 4.15. The van der Waals surface area contributed by atoms with E-state index in [1.807, 2.05) is 6.92 Å². The molecule has 3 nitrogen and oxygen atoms in total. The van der Waals surface area contributed by atoms with Gasteiger partial charge in [-0.2, -0.15) is 0 Å². The van der Waals surface area contributed by atoms with E-state index in [2.05, 4.69) is 11.9 Å². The van der Waals surface area contributed by atoms with Gasteiger partial charge in [0.05, 0.1) is 6.61 Å². The highest BCUT2D eigenvalue weighted by atomic mass is 16.5. The Hall–Kier alpha value is -0.120. The van der Waals surface area contributed by atoms with Crippen LogP contribution in [0.2, 0.25) is 0 Å². The van der Waals surface area contributed by atoms with Crippen molar-refractivity contribution in [1.82, 2.24) is 4.90 Å². The van der Waals surface area contributed by atoms with Crippen LogP contribution in [0.15, 0.2) is 0 Å². The van der Waals surface area contributed by atoms with Crippen LogP contribution in [-0.4, -0.2) is 43.8 Å². The van der Waals surface area contributed by atoms with Crippen molar-refractivity contribution in [3.05, 3.63) is 0 Å². The average Bonchev–Trinajstić information content (AvgIpc) is 2.02. The van der Waals surface area contributed by atoms with Crippen molar-refractivity contribution in [3.63, 3.8) is 0 Å². The van der Waals surface area contributed by atoms with Gasteiger partial charge in [0.25, 0.3) is 0 Å². The highest BCUT2D eigenvalue weighted by molar-refractivity contribution is 4.94. The Bertz CT molecular complexity index is 146. The zero-order valence-electron chi connectivity index (χ0n) is 8.88. The van der Waals surface area contributed by atoms with Crippen molar-refractivity contribution in [3.8, 4) is 0 Å². The standard InChI is InChI=1S/C10H22N2O/c1-3-13-8-7-12(2)9-10(11)5-4-6-10/h3-9,11H2,1-2H3. The summed E-state index contributed by atoms with van der Waals surface area (Å²) < 4.78 is 5.29. The van der Waals surface area contributed by atoms with Crippen molar-refractivity contribution < 1.29 is 4.74 Å². The van der Waals surface area contributed by atoms with Gasteiger partial charge in [-0.3, -0.25) is 0 Å². The van der Waals surface area contributed by atoms with Crippen LogP contribution < -0.4 is 5.73 Å². The van der Waals surface area contributed by atoms with Crippen LogP contribution in [0.3, 0.4) is 0 Å². The number of nitrogens with two attached hydrogens (primary N) is 1. The third-order valence-corrected chi connectivity index (χ3v) is 2.76. The molecule has 0 bridgehead atoms. The lowest BCUT2D eigenvalue weighted by molar-refractivity contribution is 0.100. The summed E-state index contributed by atoms with van der Waals surface area (Å²) in [5.41, 5.74) is 6.24. The molecule has 1 rings (SSSR count). The third kappa shape index (κ3) is 3.63. The quantitative estimate of drug-likeness (QED) is 0.625. The summed E-state index contributed by atoms with van der Waals surface area (Å²) in [7, 11) is 2.12. The lowest BCUT2D eigenvalue weighted by Crippen LogP contribution is -2.54. The van der Waals surface area contributed by atoms with E-state index in [1.165, 1.54) is 19.3 Å². The fraction of sp³-hybridized carbons (Fsp3) is 1.00. The summed E-state index contributed by atoms with van der Waals surface area (Å²) in [5.74, 6) is 0. The molecule has 0 radical (unpaired) electrons. The molecule has 0 amide bonds. The monoisotopic (exact) mass is 186 g/mol. The Kier molecular flexibility index (Phi) is 4.16. The second-order valence-electron chi connectivity index (χ2n) is 4.15. The van der Waals surface area contributed by atoms with E-state index >= 15 is 0 Å². The molecule has 2 N–H and O–H groups in total. The molecule has 0 aliphatic heterocycles.